The highest BCUT2D eigenvalue weighted by molar-refractivity contribution is 6.18. The lowest BCUT2D eigenvalue weighted by molar-refractivity contribution is -0.153. The number of benzene rings is 2. The van der Waals surface area contributed by atoms with Crippen LogP contribution < -0.4 is 18.9 Å². The maximum absolute atomic E-state index is 14.6. The summed E-state index contributed by atoms with van der Waals surface area (Å²) in [5.74, 6) is -3.52. The third-order valence-electron chi connectivity index (χ3n) is 7.77. The first-order chi connectivity index (χ1) is 20.3. The summed E-state index contributed by atoms with van der Waals surface area (Å²) in [7, 11) is 6.01. The van der Waals surface area contributed by atoms with Crippen molar-refractivity contribution in [2.24, 2.45) is 16.8 Å². The Labute approximate surface area is 245 Å². The van der Waals surface area contributed by atoms with Crippen LogP contribution in [0.1, 0.15) is 50.2 Å². The topological polar surface area (TPSA) is 119 Å². The van der Waals surface area contributed by atoms with Crippen LogP contribution in [0.15, 0.2) is 52.7 Å². The highest BCUT2D eigenvalue weighted by Gasteiger charge is 2.53. The number of para-hydroxylation sites is 1. The predicted molar refractivity (Wildman–Crippen MR) is 155 cm³/mol. The molecule has 0 aromatic heterocycles. The maximum atomic E-state index is 14.6. The van der Waals surface area contributed by atoms with Gasteiger partial charge in [-0.25, -0.2) is 4.79 Å². The van der Waals surface area contributed by atoms with Gasteiger partial charge in [0, 0.05) is 23.2 Å². The van der Waals surface area contributed by atoms with Crippen molar-refractivity contribution in [3.63, 3.8) is 0 Å². The molecule has 1 heterocycles. The van der Waals surface area contributed by atoms with Gasteiger partial charge in [0.1, 0.15) is 11.7 Å². The van der Waals surface area contributed by atoms with Gasteiger partial charge in [0.2, 0.25) is 5.75 Å². The van der Waals surface area contributed by atoms with Crippen molar-refractivity contribution < 1.29 is 42.8 Å². The van der Waals surface area contributed by atoms with E-state index in [2.05, 4.69) is 0 Å². The van der Waals surface area contributed by atoms with Gasteiger partial charge in [-0.3, -0.25) is 14.6 Å². The average Bonchev–Trinajstić information content (AvgIpc) is 2.99. The van der Waals surface area contributed by atoms with Crippen LogP contribution in [-0.2, 0) is 23.9 Å². The molecule has 0 amide bonds. The Morgan fingerprint density at radius 1 is 0.857 bits per heavy atom. The predicted octanol–water partition coefficient (Wildman–Crippen LogP) is 4.65. The van der Waals surface area contributed by atoms with E-state index in [1.807, 2.05) is 18.2 Å². The normalized spacial score (nSPS) is 21.6. The second kappa shape index (κ2) is 13.1. The Balaban J connectivity index is 1.97. The first-order valence-electron chi connectivity index (χ1n) is 13.8. The van der Waals surface area contributed by atoms with Crippen molar-refractivity contribution >= 4 is 23.4 Å². The maximum Gasteiger partial charge on any atom is 0.336 e. The molecule has 2 aliphatic rings. The number of Topliss-reactive ketones (excluding diaryl/α,β-unsaturated/α-hetero) is 1. The van der Waals surface area contributed by atoms with Crippen molar-refractivity contribution in [2.75, 3.05) is 41.7 Å². The summed E-state index contributed by atoms with van der Waals surface area (Å²) in [6, 6.07) is 10.7. The summed E-state index contributed by atoms with van der Waals surface area (Å²) in [4.78, 5) is 46.4. The van der Waals surface area contributed by atoms with Crippen LogP contribution in [0.25, 0.3) is 0 Å². The number of esters is 2. The number of hydrogen-bond donors (Lipinski definition) is 0. The fraction of sp³-hybridized carbons (Fsp3) is 0.438. The molecule has 1 aliphatic carbocycles. The summed E-state index contributed by atoms with van der Waals surface area (Å²) < 4.78 is 33.2. The summed E-state index contributed by atoms with van der Waals surface area (Å²) in [6.45, 7) is 5.37. The molecule has 1 fully saturated rings. The van der Waals surface area contributed by atoms with E-state index in [0.29, 0.717) is 45.5 Å². The van der Waals surface area contributed by atoms with E-state index in [1.54, 1.807) is 46.1 Å². The largest absolute Gasteiger partial charge is 0.496 e. The molecule has 2 aromatic carbocycles. The minimum atomic E-state index is -1.16. The van der Waals surface area contributed by atoms with Gasteiger partial charge in [0.05, 0.1) is 53.1 Å². The summed E-state index contributed by atoms with van der Waals surface area (Å²) in [5, 5.41) is 0. The van der Waals surface area contributed by atoms with Crippen LogP contribution in [0, 0.1) is 11.8 Å². The van der Waals surface area contributed by atoms with Gasteiger partial charge in [-0.15, -0.1) is 0 Å². The zero-order valence-electron chi connectivity index (χ0n) is 25.0. The van der Waals surface area contributed by atoms with Crippen molar-refractivity contribution in [3.8, 4) is 23.0 Å². The number of hydrogen-bond acceptors (Lipinski definition) is 10. The van der Waals surface area contributed by atoms with E-state index in [-0.39, 0.29) is 25.2 Å². The van der Waals surface area contributed by atoms with Crippen LogP contribution in [0.3, 0.4) is 0 Å². The number of aliphatic imine (C=N–C) groups is 1. The number of nitrogens with zero attached hydrogens (tertiary/aromatic N) is 1. The number of ketones is 1. The summed E-state index contributed by atoms with van der Waals surface area (Å²) in [5.41, 5.74) is 2.47. The number of allylic oxidation sites excluding steroid dienone is 1. The van der Waals surface area contributed by atoms with Crippen LogP contribution in [0.4, 0.5) is 0 Å². The standard InChI is InChI=1S/C32H37NO9/c1-8-41-31(35)25-17(3)33-21-16-20(19-12-10-11-13-22(19)37-4)27(32(36)42-9-2)29(34)28(21)26(25)18-14-23(38-5)30(40-7)24(15-18)39-6/h10-15,20,26-28H,8-9,16H2,1-7H3/t20-,26-,27-,28?/m1/s1. The molecule has 2 aromatic rings. The molecular formula is C32H37NO9. The second-order valence-corrected chi connectivity index (χ2v) is 9.92. The number of carbonyl (C=O) groups is 3. The van der Waals surface area contributed by atoms with E-state index in [1.165, 1.54) is 21.3 Å². The molecule has 1 aliphatic heterocycles. The number of fused-ring (bicyclic) bond motifs is 1. The fourth-order valence-electron chi connectivity index (χ4n) is 6.06. The molecular weight excluding hydrogens is 542 g/mol. The number of rotatable bonds is 10. The number of methoxy groups -OCH3 is 4. The van der Waals surface area contributed by atoms with Gasteiger partial charge in [0.15, 0.2) is 17.3 Å². The summed E-state index contributed by atoms with van der Waals surface area (Å²) >= 11 is 0. The molecule has 0 radical (unpaired) electrons. The van der Waals surface area contributed by atoms with Crippen molar-refractivity contribution in [3.05, 3.63) is 58.8 Å². The molecule has 4 rings (SSSR count). The Morgan fingerprint density at radius 2 is 1.48 bits per heavy atom. The van der Waals surface area contributed by atoms with Crippen LogP contribution >= 0.6 is 0 Å². The molecule has 1 saturated carbocycles. The highest BCUT2D eigenvalue weighted by atomic mass is 16.5. The average molecular weight is 580 g/mol. The molecule has 10 nitrogen and oxygen atoms in total. The number of carbonyl (C=O) groups excluding carboxylic acids is 3. The lowest BCUT2D eigenvalue weighted by Crippen LogP contribution is -2.48. The minimum absolute atomic E-state index is 0.107. The van der Waals surface area contributed by atoms with Gasteiger partial charge in [-0.1, -0.05) is 18.2 Å². The quantitative estimate of drug-likeness (QED) is 0.293. The first-order valence-corrected chi connectivity index (χ1v) is 13.8. The molecule has 0 saturated heterocycles. The van der Waals surface area contributed by atoms with E-state index in [4.69, 9.17) is 33.4 Å². The Morgan fingerprint density at radius 3 is 2.05 bits per heavy atom. The molecule has 224 valence electrons. The van der Waals surface area contributed by atoms with Gasteiger partial charge < -0.3 is 28.4 Å². The van der Waals surface area contributed by atoms with Gasteiger partial charge in [-0.05, 0) is 56.5 Å². The zero-order valence-corrected chi connectivity index (χ0v) is 25.0. The third kappa shape index (κ3) is 5.45. The molecule has 1 unspecified atom stereocenters. The Kier molecular flexibility index (Phi) is 9.55. The smallest absolute Gasteiger partial charge is 0.336 e. The first kappa shape index (κ1) is 30.6. The van der Waals surface area contributed by atoms with E-state index in [9.17, 15) is 14.4 Å². The fourth-order valence-corrected chi connectivity index (χ4v) is 6.06. The van der Waals surface area contributed by atoms with E-state index in [0.717, 1.165) is 0 Å². The lowest BCUT2D eigenvalue weighted by Gasteiger charge is -2.41. The van der Waals surface area contributed by atoms with E-state index < -0.39 is 41.4 Å². The highest BCUT2D eigenvalue weighted by Crippen LogP contribution is 2.51. The van der Waals surface area contributed by atoms with Crippen molar-refractivity contribution in [2.45, 2.75) is 39.0 Å². The van der Waals surface area contributed by atoms with Gasteiger partial charge in [-0.2, -0.15) is 0 Å². The Hall–Kier alpha value is -4.34. The van der Waals surface area contributed by atoms with E-state index >= 15 is 0 Å². The van der Waals surface area contributed by atoms with Crippen molar-refractivity contribution in [1.29, 1.82) is 0 Å². The molecule has 4 atom stereocenters. The van der Waals surface area contributed by atoms with Gasteiger partial charge >= 0.3 is 11.9 Å². The van der Waals surface area contributed by atoms with Gasteiger partial charge in [0.25, 0.3) is 0 Å². The SMILES string of the molecule is CCOC(=O)C1=C(C)N=C2C[C@H](c3ccccc3OC)[C@@H](C(=O)OCC)C(=O)C2[C@@H]1c1cc(OC)c(OC)c(OC)c1. The molecule has 0 bridgehead atoms. The Bertz CT molecular complexity index is 1400. The molecule has 10 heteroatoms. The minimum Gasteiger partial charge on any atom is -0.496 e. The zero-order chi connectivity index (χ0) is 30.6. The van der Waals surface area contributed by atoms with Crippen LogP contribution in [0.2, 0.25) is 0 Å². The monoisotopic (exact) mass is 579 g/mol. The summed E-state index contributed by atoms with van der Waals surface area (Å²) in [6.07, 6.45) is 0.272. The lowest BCUT2D eigenvalue weighted by atomic mass is 9.62. The molecule has 42 heavy (non-hydrogen) atoms. The second-order valence-electron chi connectivity index (χ2n) is 9.92. The van der Waals surface area contributed by atoms with Crippen molar-refractivity contribution in [1.82, 2.24) is 0 Å². The third-order valence-corrected chi connectivity index (χ3v) is 7.77. The number of ether oxygens (including phenoxy) is 6. The molecule has 0 N–H and O–H groups in total. The molecule has 0 spiro atoms. The van der Waals surface area contributed by atoms with Crippen LogP contribution in [-0.4, -0.2) is 65.1 Å². The van der Waals surface area contributed by atoms with Crippen LogP contribution in [0.5, 0.6) is 23.0 Å².